The smallest absolute Gasteiger partial charge is 0.387 e. The lowest BCUT2D eigenvalue weighted by Crippen LogP contribution is -2.13. The number of aromatic nitrogens is 2. The Labute approximate surface area is 196 Å². The molecular formula is C23H18F2N4O4S. The Hall–Kier alpha value is -4.01. The van der Waals surface area contributed by atoms with Crippen molar-refractivity contribution in [3.8, 4) is 28.1 Å². The van der Waals surface area contributed by atoms with E-state index in [-0.39, 0.29) is 23.0 Å². The van der Waals surface area contributed by atoms with Crippen LogP contribution in [0, 0.1) is 11.3 Å². The Morgan fingerprint density at radius 2 is 2.06 bits per heavy atom. The first-order valence-electron chi connectivity index (χ1n) is 9.97. The van der Waals surface area contributed by atoms with E-state index in [2.05, 4.69) is 15.8 Å². The summed E-state index contributed by atoms with van der Waals surface area (Å²) in [4.78, 5) is 17.2. The van der Waals surface area contributed by atoms with E-state index in [0.29, 0.717) is 32.9 Å². The standard InChI is InChI=1S/C23H18F2N4O4S/c1-12(15-4-2-13(11-30)6-17(15)33-23(24)25)32-18-7-19(34-21(18)22(27)31)16-9-28-20-5-3-14(8-26)10-29(16)20/h2-7,9-10,12,23,30H,11H2,1H3,(H2,27,31)/t12-/m1/s1. The van der Waals surface area contributed by atoms with Gasteiger partial charge in [-0.25, -0.2) is 4.98 Å². The maximum atomic E-state index is 12.9. The number of carbonyl (C=O) groups is 1. The van der Waals surface area contributed by atoms with E-state index >= 15 is 0 Å². The van der Waals surface area contributed by atoms with Crippen molar-refractivity contribution in [2.24, 2.45) is 5.73 Å². The summed E-state index contributed by atoms with van der Waals surface area (Å²) in [5.74, 6) is -0.693. The summed E-state index contributed by atoms with van der Waals surface area (Å²) in [5, 5.41) is 18.5. The van der Waals surface area contributed by atoms with Crippen LogP contribution in [0.1, 0.15) is 39.4 Å². The zero-order chi connectivity index (χ0) is 24.4. The van der Waals surface area contributed by atoms with E-state index in [1.807, 2.05) is 0 Å². The summed E-state index contributed by atoms with van der Waals surface area (Å²) in [6.45, 7) is -1.80. The number of amides is 1. The van der Waals surface area contributed by atoms with Crippen molar-refractivity contribution in [2.45, 2.75) is 26.2 Å². The number of aliphatic hydroxyl groups excluding tert-OH is 1. The van der Waals surface area contributed by atoms with Crippen LogP contribution >= 0.6 is 11.3 Å². The maximum Gasteiger partial charge on any atom is 0.387 e. The summed E-state index contributed by atoms with van der Waals surface area (Å²) >= 11 is 1.08. The Balaban J connectivity index is 1.72. The zero-order valence-electron chi connectivity index (χ0n) is 17.7. The number of nitrogens with two attached hydrogens (primary N) is 1. The lowest BCUT2D eigenvalue weighted by Gasteiger charge is -2.19. The van der Waals surface area contributed by atoms with Gasteiger partial charge in [-0.15, -0.1) is 11.3 Å². The van der Waals surface area contributed by atoms with Crippen LogP contribution in [-0.2, 0) is 6.61 Å². The number of halogens is 2. The Morgan fingerprint density at radius 3 is 2.74 bits per heavy atom. The molecule has 8 nitrogen and oxygen atoms in total. The monoisotopic (exact) mass is 484 g/mol. The molecule has 174 valence electrons. The van der Waals surface area contributed by atoms with Gasteiger partial charge in [0.05, 0.1) is 28.9 Å². The van der Waals surface area contributed by atoms with Crippen LogP contribution in [0.3, 0.4) is 0 Å². The number of thiophene rings is 1. The topological polar surface area (TPSA) is 123 Å². The molecule has 1 aromatic carbocycles. The summed E-state index contributed by atoms with van der Waals surface area (Å²) in [5.41, 5.74) is 7.92. The number of hydrogen-bond donors (Lipinski definition) is 2. The van der Waals surface area contributed by atoms with Crippen LogP contribution in [0.25, 0.3) is 16.2 Å². The summed E-state index contributed by atoms with van der Waals surface area (Å²) < 4.78 is 38.1. The molecule has 0 saturated heterocycles. The normalized spacial score (nSPS) is 12.0. The van der Waals surface area contributed by atoms with Crippen molar-refractivity contribution in [1.82, 2.24) is 9.38 Å². The highest BCUT2D eigenvalue weighted by Gasteiger charge is 2.23. The molecule has 11 heteroatoms. The minimum atomic E-state index is -3.07. The van der Waals surface area contributed by atoms with Crippen LogP contribution in [-0.4, -0.2) is 27.0 Å². The molecule has 0 aliphatic heterocycles. The molecule has 3 heterocycles. The molecule has 4 aromatic rings. The number of imidazole rings is 1. The van der Waals surface area contributed by atoms with Gasteiger partial charge in [-0.05, 0) is 30.7 Å². The number of nitriles is 1. The number of rotatable bonds is 8. The predicted octanol–water partition coefficient (Wildman–Crippen LogP) is 4.27. The molecule has 0 unspecified atom stereocenters. The van der Waals surface area contributed by atoms with Gasteiger partial charge in [0.1, 0.15) is 34.2 Å². The number of carbonyl (C=O) groups excluding carboxylic acids is 1. The van der Waals surface area contributed by atoms with Gasteiger partial charge >= 0.3 is 6.61 Å². The van der Waals surface area contributed by atoms with E-state index < -0.39 is 18.6 Å². The second kappa shape index (κ2) is 9.46. The first-order valence-corrected chi connectivity index (χ1v) is 10.8. The largest absolute Gasteiger partial charge is 0.484 e. The van der Waals surface area contributed by atoms with Crippen LogP contribution < -0.4 is 15.2 Å². The van der Waals surface area contributed by atoms with Crippen molar-refractivity contribution in [3.05, 3.63) is 70.4 Å². The second-order valence-electron chi connectivity index (χ2n) is 7.24. The van der Waals surface area contributed by atoms with E-state index in [1.165, 1.54) is 12.1 Å². The van der Waals surface area contributed by atoms with Gasteiger partial charge in [0.25, 0.3) is 5.91 Å². The molecule has 34 heavy (non-hydrogen) atoms. The van der Waals surface area contributed by atoms with Crippen molar-refractivity contribution >= 4 is 22.9 Å². The third kappa shape index (κ3) is 4.54. The van der Waals surface area contributed by atoms with Gasteiger partial charge in [0, 0.05) is 17.8 Å². The number of ether oxygens (including phenoxy) is 2. The molecule has 3 aromatic heterocycles. The molecule has 0 aliphatic carbocycles. The maximum absolute atomic E-state index is 12.9. The highest BCUT2D eigenvalue weighted by atomic mass is 32.1. The fourth-order valence-electron chi connectivity index (χ4n) is 3.45. The fraction of sp³-hybridized carbons (Fsp3) is 0.174. The van der Waals surface area contributed by atoms with Crippen LogP contribution in [0.15, 0.2) is 48.8 Å². The lowest BCUT2D eigenvalue weighted by atomic mass is 10.1. The molecule has 0 radical (unpaired) electrons. The van der Waals surface area contributed by atoms with Gasteiger partial charge < -0.3 is 20.3 Å². The van der Waals surface area contributed by atoms with Gasteiger partial charge in [-0.2, -0.15) is 14.0 Å². The average Bonchev–Trinajstić information content (AvgIpc) is 3.42. The average molecular weight is 484 g/mol. The number of alkyl halides is 2. The first-order chi connectivity index (χ1) is 16.3. The van der Waals surface area contributed by atoms with E-state index in [9.17, 15) is 23.9 Å². The number of nitrogens with zero attached hydrogens (tertiary/aromatic N) is 3. The van der Waals surface area contributed by atoms with E-state index in [1.54, 1.807) is 48.0 Å². The number of primary amides is 1. The van der Waals surface area contributed by atoms with Gasteiger partial charge in [0.15, 0.2) is 0 Å². The Morgan fingerprint density at radius 1 is 1.26 bits per heavy atom. The molecule has 0 bridgehead atoms. The first kappa shape index (κ1) is 23.2. The molecule has 1 amide bonds. The number of fused-ring (bicyclic) bond motifs is 1. The third-order valence-corrected chi connectivity index (χ3v) is 6.18. The number of pyridine rings is 1. The summed E-state index contributed by atoms with van der Waals surface area (Å²) in [7, 11) is 0. The molecule has 1 atom stereocenters. The van der Waals surface area contributed by atoms with Crippen molar-refractivity contribution < 1.29 is 28.2 Å². The molecule has 0 aliphatic rings. The highest BCUT2D eigenvalue weighted by Crippen LogP contribution is 2.39. The number of aliphatic hydroxyl groups is 1. The molecule has 0 saturated carbocycles. The van der Waals surface area contributed by atoms with Crippen molar-refractivity contribution in [1.29, 1.82) is 5.26 Å². The van der Waals surface area contributed by atoms with Crippen molar-refractivity contribution in [2.75, 3.05) is 0 Å². The van der Waals surface area contributed by atoms with Gasteiger partial charge in [-0.3, -0.25) is 9.20 Å². The molecule has 4 rings (SSSR count). The third-order valence-electron chi connectivity index (χ3n) is 5.03. The minimum Gasteiger partial charge on any atom is -0.484 e. The van der Waals surface area contributed by atoms with Crippen LogP contribution in [0.4, 0.5) is 8.78 Å². The quantitative estimate of drug-likeness (QED) is 0.385. The van der Waals surface area contributed by atoms with Gasteiger partial charge in [-0.1, -0.05) is 12.1 Å². The van der Waals surface area contributed by atoms with E-state index in [4.69, 9.17) is 10.5 Å². The van der Waals surface area contributed by atoms with Crippen LogP contribution in [0.2, 0.25) is 0 Å². The predicted molar refractivity (Wildman–Crippen MR) is 120 cm³/mol. The van der Waals surface area contributed by atoms with Crippen LogP contribution in [0.5, 0.6) is 11.5 Å². The zero-order valence-corrected chi connectivity index (χ0v) is 18.6. The number of hydrogen-bond acceptors (Lipinski definition) is 7. The summed E-state index contributed by atoms with van der Waals surface area (Å²) in [6, 6.07) is 11.4. The minimum absolute atomic E-state index is 0.136. The van der Waals surface area contributed by atoms with Crippen molar-refractivity contribution in [3.63, 3.8) is 0 Å². The highest BCUT2D eigenvalue weighted by molar-refractivity contribution is 7.17. The SMILES string of the molecule is C[C@@H](Oc1cc(-c2cnc3ccc(C#N)cn23)sc1C(N)=O)c1ccc(CO)cc1OC(F)F. The van der Waals surface area contributed by atoms with Gasteiger partial charge in [0.2, 0.25) is 0 Å². The Kier molecular flexibility index (Phi) is 6.45. The van der Waals surface area contributed by atoms with E-state index in [0.717, 1.165) is 11.3 Å². The lowest BCUT2D eigenvalue weighted by molar-refractivity contribution is -0.0513. The fourth-order valence-corrected chi connectivity index (χ4v) is 4.40. The second-order valence-corrected chi connectivity index (χ2v) is 8.29. The summed E-state index contributed by atoms with van der Waals surface area (Å²) in [6.07, 6.45) is 2.43. The number of benzene rings is 1. The molecule has 0 spiro atoms. The molecule has 0 fully saturated rings. The molecular weight excluding hydrogens is 466 g/mol. The Bertz CT molecular complexity index is 1410. The molecule has 3 N–H and O–H groups in total.